The van der Waals surface area contributed by atoms with Crippen LogP contribution in [-0.4, -0.2) is 35.9 Å². The number of nitrogens with one attached hydrogen (secondary N) is 1. The molecule has 5 nitrogen and oxygen atoms in total. The van der Waals surface area contributed by atoms with Crippen LogP contribution in [0.2, 0.25) is 5.02 Å². The Labute approximate surface area is 184 Å². The number of aryl methyl sites for hydroxylation is 1. The molecule has 0 spiro atoms. The lowest BCUT2D eigenvalue weighted by Crippen LogP contribution is -2.49. The third-order valence-electron chi connectivity index (χ3n) is 5.17. The van der Waals surface area contributed by atoms with Gasteiger partial charge in [-0.3, -0.25) is 9.59 Å². The zero-order valence-electron chi connectivity index (χ0n) is 18.2. The predicted octanol–water partition coefficient (Wildman–Crippen LogP) is 4.67. The van der Waals surface area contributed by atoms with E-state index in [4.69, 9.17) is 16.3 Å². The highest BCUT2D eigenvalue weighted by Gasteiger charge is 2.26. The summed E-state index contributed by atoms with van der Waals surface area (Å²) in [6, 6.07) is 12.4. The highest BCUT2D eigenvalue weighted by molar-refractivity contribution is 6.30. The summed E-state index contributed by atoms with van der Waals surface area (Å²) < 4.78 is 5.80. The summed E-state index contributed by atoms with van der Waals surface area (Å²) in [5, 5.41) is 3.53. The second-order valence-electron chi connectivity index (χ2n) is 7.46. The summed E-state index contributed by atoms with van der Waals surface area (Å²) in [7, 11) is 0. The van der Waals surface area contributed by atoms with Gasteiger partial charge in [0.25, 0.3) is 5.91 Å². The van der Waals surface area contributed by atoms with Crippen LogP contribution in [0.3, 0.4) is 0 Å². The number of rotatable bonds is 10. The molecule has 2 aromatic carbocycles. The third kappa shape index (κ3) is 6.77. The first-order chi connectivity index (χ1) is 14.3. The monoisotopic (exact) mass is 430 g/mol. The van der Waals surface area contributed by atoms with Crippen LogP contribution < -0.4 is 10.1 Å². The van der Waals surface area contributed by atoms with Gasteiger partial charge in [-0.25, -0.2) is 0 Å². The van der Waals surface area contributed by atoms with E-state index < -0.39 is 6.04 Å². The van der Waals surface area contributed by atoms with E-state index in [1.807, 2.05) is 44.2 Å². The zero-order valence-corrected chi connectivity index (χ0v) is 19.0. The van der Waals surface area contributed by atoms with E-state index in [9.17, 15) is 9.59 Å². The van der Waals surface area contributed by atoms with Gasteiger partial charge in [-0.05, 0) is 62.1 Å². The van der Waals surface area contributed by atoms with Crippen molar-refractivity contribution in [3.8, 4) is 5.75 Å². The molecule has 1 atom stereocenters. The summed E-state index contributed by atoms with van der Waals surface area (Å²) in [6.45, 7) is 8.54. The standard InChI is InChI=1S/C24H31ClN2O3/c1-5-6-14-26-24(29)19(4)27(15-20-10-12-21(25)13-11-20)23(28)16-30-22-9-7-8-17(2)18(22)3/h7-13,19H,5-6,14-16H2,1-4H3,(H,26,29)/t19-/m0/s1. The Balaban J connectivity index is 2.13. The maximum Gasteiger partial charge on any atom is 0.261 e. The normalized spacial score (nSPS) is 11.6. The average Bonchev–Trinajstić information content (AvgIpc) is 2.73. The Morgan fingerprint density at radius 2 is 1.83 bits per heavy atom. The Bertz CT molecular complexity index is 852. The predicted molar refractivity (Wildman–Crippen MR) is 121 cm³/mol. The Hall–Kier alpha value is -2.53. The molecule has 2 rings (SSSR count). The number of unbranched alkanes of at least 4 members (excludes halogenated alkanes) is 1. The first-order valence-corrected chi connectivity index (χ1v) is 10.7. The maximum absolute atomic E-state index is 13.1. The van der Waals surface area contributed by atoms with Gasteiger partial charge in [0.05, 0.1) is 0 Å². The number of halogens is 1. The van der Waals surface area contributed by atoms with Gasteiger partial charge in [0.2, 0.25) is 5.91 Å². The largest absolute Gasteiger partial charge is 0.483 e. The quantitative estimate of drug-likeness (QED) is 0.557. The molecule has 30 heavy (non-hydrogen) atoms. The number of amides is 2. The summed E-state index contributed by atoms with van der Waals surface area (Å²) >= 11 is 5.98. The van der Waals surface area contributed by atoms with Crippen molar-refractivity contribution in [1.29, 1.82) is 0 Å². The smallest absolute Gasteiger partial charge is 0.261 e. The molecule has 6 heteroatoms. The fourth-order valence-corrected chi connectivity index (χ4v) is 3.13. The van der Waals surface area contributed by atoms with Gasteiger partial charge in [0.15, 0.2) is 6.61 Å². The second kappa shape index (κ2) is 11.6. The van der Waals surface area contributed by atoms with Crippen LogP contribution in [0.1, 0.15) is 43.4 Å². The molecule has 0 radical (unpaired) electrons. The van der Waals surface area contributed by atoms with E-state index in [0.29, 0.717) is 23.9 Å². The lowest BCUT2D eigenvalue weighted by Gasteiger charge is -2.29. The lowest BCUT2D eigenvalue weighted by molar-refractivity contribution is -0.142. The molecular formula is C24H31ClN2O3. The van der Waals surface area contributed by atoms with E-state index in [0.717, 1.165) is 29.5 Å². The minimum atomic E-state index is -0.618. The second-order valence-corrected chi connectivity index (χ2v) is 7.89. The van der Waals surface area contributed by atoms with E-state index in [1.165, 1.54) is 0 Å². The molecule has 0 aliphatic rings. The van der Waals surface area contributed by atoms with Crippen LogP contribution in [0.15, 0.2) is 42.5 Å². The van der Waals surface area contributed by atoms with Crippen molar-refractivity contribution in [2.24, 2.45) is 0 Å². The maximum atomic E-state index is 13.1. The molecule has 2 amide bonds. The van der Waals surface area contributed by atoms with Gasteiger partial charge in [0, 0.05) is 18.1 Å². The van der Waals surface area contributed by atoms with Crippen LogP contribution in [0.4, 0.5) is 0 Å². The van der Waals surface area contributed by atoms with Crippen LogP contribution in [0.5, 0.6) is 5.75 Å². The molecule has 0 unspecified atom stereocenters. The van der Waals surface area contributed by atoms with Crippen molar-refractivity contribution in [1.82, 2.24) is 10.2 Å². The molecule has 2 aromatic rings. The SMILES string of the molecule is CCCCNC(=O)[C@H](C)N(Cc1ccc(Cl)cc1)C(=O)COc1cccc(C)c1C. The topological polar surface area (TPSA) is 58.6 Å². The molecule has 0 aromatic heterocycles. The highest BCUT2D eigenvalue weighted by Crippen LogP contribution is 2.21. The minimum absolute atomic E-state index is 0.134. The number of ether oxygens (including phenoxy) is 1. The Kier molecular flexibility index (Phi) is 9.18. The van der Waals surface area contributed by atoms with Gasteiger partial charge >= 0.3 is 0 Å². The van der Waals surface area contributed by atoms with Gasteiger partial charge in [-0.1, -0.05) is 49.2 Å². The van der Waals surface area contributed by atoms with Crippen LogP contribution in [0, 0.1) is 13.8 Å². The number of nitrogens with zero attached hydrogens (tertiary/aromatic N) is 1. The number of hydrogen-bond acceptors (Lipinski definition) is 3. The van der Waals surface area contributed by atoms with Crippen LogP contribution >= 0.6 is 11.6 Å². The minimum Gasteiger partial charge on any atom is -0.483 e. The molecule has 0 saturated carbocycles. The molecule has 0 fully saturated rings. The van der Waals surface area contributed by atoms with Crippen LogP contribution in [-0.2, 0) is 16.1 Å². The Morgan fingerprint density at radius 3 is 2.50 bits per heavy atom. The van der Waals surface area contributed by atoms with E-state index in [1.54, 1.807) is 24.0 Å². The molecule has 0 aliphatic heterocycles. The van der Waals surface area contributed by atoms with Crippen molar-refractivity contribution < 1.29 is 14.3 Å². The average molecular weight is 431 g/mol. The van der Waals surface area contributed by atoms with Crippen molar-refractivity contribution in [2.75, 3.05) is 13.2 Å². The zero-order chi connectivity index (χ0) is 22.1. The van der Waals surface area contributed by atoms with Crippen molar-refractivity contribution >= 4 is 23.4 Å². The molecule has 0 heterocycles. The van der Waals surface area contributed by atoms with Crippen molar-refractivity contribution in [2.45, 2.75) is 53.1 Å². The third-order valence-corrected chi connectivity index (χ3v) is 5.42. The summed E-state index contributed by atoms with van der Waals surface area (Å²) in [5.74, 6) is 0.261. The first kappa shape index (κ1) is 23.7. The van der Waals surface area contributed by atoms with Crippen molar-refractivity contribution in [3.63, 3.8) is 0 Å². The van der Waals surface area contributed by atoms with Gasteiger partial charge < -0.3 is 15.0 Å². The number of benzene rings is 2. The van der Waals surface area contributed by atoms with Gasteiger partial charge in [-0.15, -0.1) is 0 Å². The lowest BCUT2D eigenvalue weighted by atomic mass is 10.1. The fraction of sp³-hybridized carbons (Fsp3) is 0.417. The van der Waals surface area contributed by atoms with Crippen LogP contribution in [0.25, 0.3) is 0 Å². The summed E-state index contributed by atoms with van der Waals surface area (Å²) in [5.41, 5.74) is 2.99. The summed E-state index contributed by atoms with van der Waals surface area (Å²) in [6.07, 6.45) is 1.89. The molecular weight excluding hydrogens is 400 g/mol. The van der Waals surface area contributed by atoms with E-state index in [2.05, 4.69) is 12.2 Å². The number of carbonyl (C=O) groups excluding carboxylic acids is 2. The highest BCUT2D eigenvalue weighted by atomic mass is 35.5. The molecule has 1 N–H and O–H groups in total. The number of hydrogen-bond donors (Lipinski definition) is 1. The van der Waals surface area contributed by atoms with Crippen molar-refractivity contribution in [3.05, 3.63) is 64.2 Å². The molecule has 0 aliphatic carbocycles. The van der Waals surface area contributed by atoms with Gasteiger partial charge in [-0.2, -0.15) is 0 Å². The summed E-state index contributed by atoms with van der Waals surface area (Å²) in [4.78, 5) is 27.2. The molecule has 0 saturated heterocycles. The van der Waals surface area contributed by atoms with E-state index in [-0.39, 0.29) is 18.4 Å². The fourth-order valence-electron chi connectivity index (χ4n) is 3.01. The number of carbonyl (C=O) groups is 2. The first-order valence-electron chi connectivity index (χ1n) is 10.3. The molecule has 0 bridgehead atoms. The Morgan fingerprint density at radius 1 is 1.13 bits per heavy atom. The van der Waals surface area contributed by atoms with Gasteiger partial charge in [0.1, 0.15) is 11.8 Å². The molecule has 162 valence electrons. The van der Waals surface area contributed by atoms with E-state index >= 15 is 0 Å².